The summed E-state index contributed by atoms with van der Waals surface area (Å²) in [6, 6.07) is 5.79. The maximum Gasteiger partial charge on any atom is 0.337 e. The van der Waals surface area contributed by atoms with Crippen LogP contribution in [0.15, 0.2) is 29.2 Å². The molecule has 0 saturated carbocycles. The van der Waals surface area contributed by atoms with E-state index in [2.05, 4.69) is 4.74 Å². The standard InChI is InChI=1S/C16H24N2O5S.ClH/c1-22-16(19)13-3-5-15(6-4-13)24(20,21)18-10-7-14(8-11-18)23-12-2-9-17;/h3-6,14H,2,7-12,17H2,1H3;1H. The van der Waals surface area contributed by atoms with Crippen LogP contribution in [0.1, 0.15) is 29.6 Å². The third kappa shape index (κ3) is 5.65. The molecule has 1 fully saturated rings. The molecule has 7 nitrogen and oxygen atoms in total. The number of benzene rings is 1. The molecular formula is C16H25ClN2O5S. The summed E-state index contributed by atoms with van der Waals surface area (Å²) in [5, 5.41) is 0. The van der Waals surface area contributed by atoms with E-state index < -0.39 is 16.0 Å². The van der Waals surface area contributed by atoms with Crippen molar-refractivity contribution in [3.05, 3.63) is 29.8 Å². The van der Waals surface area contributed by atoms with Gasteiger partial charge in [0.1, 0.15) is 0 Å². The maximum absolute atomic E-state index is 12.7. The summed E-state index contributed by atoms with van der Waals surface area (Å²) in [7, 11) is -2.27. The van der Waals surface area contributed by atoms with E-state index in [-0.39, 0.29) is 23.4 Å². The van der Waals surface area contributed by atoms with Crippen molar-refractivity contribution in [2.24, 2.45) is 5.73 Å². The van der Waals surface area contributed by atoms with Gasteiger partial charge in [0.25, 0.3) is 0 Å². The predicted octanol–water partition coefficient (Wildman–Crippen LogP) is 1.41. The Morgan fingerprint density at radius 3 is 2.36 bits per heavy atom. The van der Waals surface area contributed by atoms with Crippen molar-refractivity contribution in [2.45, 2.75) is 30.3 Å². The monoisotopic (exact) mass is 392 g/mol. The van der Waals surface area contributed by atoms with Crippen LogP contribution in [0, 0.1) is 0 Å². The van der Waals surface area contributed by atoms with Crippen LogP contribution in [-0.4, -0.2) is 58.1 Å². The highest BCUT2D eigenvalue weighted by Gasteiger charge is 2.29. The van der Waals surface area contributed by atoms with Crippen LogP contribution in [-0.2, 0) is 19.5 Å². The Bertz CT molecular complexity index is 643. The Morgan fingerprint density at radius 1 is 1.24 bits per heavy atom. The first-order valence-electron chi connectivity index (χ1n) is 7.99. The number of sulfonamides is 1. The van der Waals surface area contributed by atoms with E-state index in [1.54, 1.807) is 0 Å². The highest BCUT2D eigenvalue weighted by atomic mass is 35.5. The maximum atomic E-state index is 12.7. The first kappa shape index (κ1) is 21.9. The van der Waals surface area contributed by atoms with Crippen LogP contribution in [0.2, 0.25) is 0 Å². The molecule has 0 aliphatic carbocycles. The summed E-state index contributed by atoms with van der Waals surface area (Å²) in [5.41, 5.74) is 5.75. The molecule has 142 valence electrons. The van der Waals surface area contributed by atoms with Gasteiger partial charge in [-0.05, 0) is 50.1 Å². The van der Waals surface area contributed by atoms with Crippen LogP contribution in [0.4, 0.5) is 0 Å². The van der Waals surface area contributed by atoms with Crippen molar-refractivity contribution in [1.82, 2.24) is 4.31 Å². The lowest BCUT2D eigenvalue weighted by molar-refractivity contribution is 0.0209. The first-order valence-corrected chi connectivity index (χ1v) is 9.43. The number of piperidine rings is 1. The summed E-state index contributed by atoms with van der Waals surface area (Å²) < 4.78 is 37.1. The summed E-state index contributed by atoms with van der Waals surface area (Å²) in [6.45, 7) is 2.06. The molecule has 1 aliphatic rings. The molecule has 0 atom stereocenters. The molecule has 0 radical (unpaired) electrons. The highest BCUT2D eigenvalue weighted by molar-refractivity contribution is 7.89. The fourth-order valence-electron chi connectivity index (χ4n) is 2.60. The number of hydrogen-bond acceptors (Lipinski definition) is 6. The zero-order valence-electron chi connectivity index (χ0n) is 14.2. The number of carbonyl (C=O) groups excluding carboxylic acids is 1. The van der Waals surface area contributed by atoms with Crippen LogP contribution >= 0.6 is 12.4 Å². The van der Waals surface area contributed by atoms with Crippen LogP contribution < -0.4 is 5.73 Å². The van der Waals surface area contributed by atoms with Gasteiger partial charge in [0.05, 0.1) is 23.7 Å². The first-order chi connectivity index (χ1) is 11.5. The van der Waals surface area contributed by atoms with Gasteiger partial charge in [-0.3, -0.25) is 0 Å². The number of halogens is 1. The van der Waals surface area contributed by atoms with Gasteiger partial charge >= 0.3 is 5.97 Å². The number of hydrogen-bond donors (Lipinski definition) is 1. The molecule has 9 heteroatoms. The molecular weight excluding hydrogens is 368 g/mol. The number of ether oxygens (including phenoxy) is 2. The molecule has 1 heterocycles. The Labute approximate surface area is 154 Å². The van der Waals surface area contributed by atoms with Crippen molar-refractivity contribution in [2.75, 3.05) is 33.4 Å². The van der Waals surface area contributed by atoms with E-state index in [4.69, 9.17) is 10.5 Å². The Hall–Kier alpha value is -1.19. The van der Waals surface area contributed by atoms with Crippen molar-refractivity contribution >= 4 is 28.4 Å². The average Bonchev–Trinajstić information content (AvgIpc) is 2.62. The zero-order chi connectivity index (χ0) is 17.6. The van der Waals surface area contributed by atoms with Gasteiger partial charge in [0, 0.05) is 19.7 Å². The predicted molar refractivity (Wildman–Crippen MR) is 96.4 cm³/mol. The van der Waals surface area contributed by atoms with E-state index in [0.29, 0.717) is 44.6 Å². The molecule has 0 bridgehead atoms. The van der Waals surface area contributed by atoms with Gasteiger partial charge in [-0.15, -0.1) is 12.4 Å². The molecule has 25 heavy (non-hydrogen) atoms. The normalized spacial score (nSPS) is 16.2. The summed E-state index contributed by atoms with van der Waals surface area (Å²) >= 11 is 0. The van der Waals surface area contributed by atoms with Crippen molar-refractivity contribution in [3.8, 4) is 0 Å². The number of esters is 1. The Kier molecular flexibility index (Phi) is 8.81. The molecule has 2 N–H and O–H groups in total. The molecule has 0 amide bonds. The topological polar surface area (TPSA) is 98.9 Å². The number of nitrogens with zero attached hydrogens (tertiary/aromatic N) is 1. The highest BCUT2D eigenvalue weighted by Crippen LogP contribution is 2.22. The lowest BCUT2D eigenvalue weighted by Gasteiger charge is -2.31. The van der Waals surface area contributed by atoms with Crippen LogP contribution in [0.3, 0.4) is 0 Å². The van der Waals surface area contributed by atoms with Gasteiger partial charge in [-0.25, -0.2) is 13.2 Å². The van der Waals surface area contributed by atoms with Gasteiger partial charge in [-0.2, -0.15) is 4.31 Å². The largest absolute Gasteiger partial charge is 0.465 e. The van der Waals surface area contributed by atoms with E-state index >= 15 is 0 Å². The summed E-state index contributed by atoms with van der Waals surface area (Å²) in [6.07, 6.45) is 2.24. The molecule has 0 unspecified atom stereocenters. The molecule has 1 aromatic rings. The second-order valence-corrected chi connectivity index (χ2v) is 7.57. The molecule has 1 aliphatic heterocycles. The zero-order valence-corrected chi connectivity index (χ0v) is 15.9. The third-order valence-electron chi connectivity index (χ3n) is 4.02. The fraction of sp³-hybridized carbons (Fsp3) is 0.562. The second kappa shape index (κ2) is 10.1. The number of nitrogens with two attached hydrogens (primary N) is 1. The van der Waals surface area contributed by atoms with Crippen molar-refractivity contribution in [1.29, 1.82) is 0 Å². The van der Waals surface area contributed by atoms with E-state index in [1.165, 1.54) is 35.7 Å². The van der Waals surface area contributed by atoms with Crippen molar-refractivity contribution in [3.63, 3.8) is 0 Å². The van der Waals surface area contributed by atoms with E-state index in [1.807, 2.05) is 0 Å². The molecule has 1 saturated heterocycles. The molecule has 2 rings (SSSR count). The number of rotatable bonds is 7. The molecule has 0 aromatic heterocycles. The van der Waals surface area contributed by atoms with E-state index in [9.17, 15) is 13.2 Å². The van der Waals surface area contributed by atoms with Gasteiger partial charge in [0.15, 0.2) is 0 Å². The van der Waals surface area contributed by atoms with Crippen LogP contribution in [0.5, 0.6) is 0 Å². The molecule has 0 spiro atoms. The van der Waals surface area contributed by atoms with Gasteiger partial charge < -0.3 is 15.2 Å². The minimum Gasteiger partial charge on any atom is -0.465 e. The van der Waals surface area contributed by atoms with Crippen molar-refractivity contribution < 1.29 is 22.7 Å². The summed E-state index contributed by atoms with van der Waals surface area (Å²) in [4.78, 5) is 11.6. The van der Waals surface area contributed by atoms with Gasteiger partial charge in [0.2, 0.25) is 10.0 Å². The lowest BCUT2D eigenvalue weighted by atomic mass is 10.1. The minimum absolute atomic E-state index is 0. The smallest absolute Gasteiger partial charge is 0.337 e. The van der Waals surface area contributed by atoms with Crippen LogP contribution in [0.25, 0.3) is 0 Å². The number of methoxy groups -OCH3 is 1. The fourth-order valence-corrected chi connectivity index (χ4v) is 4.07. The Balaban J connectivity index is 0.00000312. The second-order valence-electron chi connectivity index (χ2n) is 5.63. The minimum atomic E-state index is -3.55. The molecule has 1 aromatic carbocycles. The van der Waals surface area contributed by atoms with E-state index in [0.717, 1.165) is 6.42 Å². The quantitative estimate of drug-likeness (QED) is 0.556. The summed E-state index contributed by atoms with van der Waals surface area (Å²) in [5.74, 6) is -0.491. The average molecular weight is 393 g/mol. The Morgan fingerprint density at radius 2 is 1.84 bits per heavy atom. The third-order valence-corrected chi connectivity index (χ3v) is 5.93. The number of carbonyl (C=O) groups is 1. The SMILES string of the molecule is COC(=O)c1ccc(S(=O)(=O)N2CCC(OCCCN)CC2)cc1.Cl. The lowest BCUT2D eigenvalue weighted by Crippen LogP contribution is -2.41. The van der Waals surface area contributed by atoms with Gasteiger partial charge in [-0.1, -0.05) is 0 Å².